The molecule has 104 valence electrons. The lowest BCUT2D eigenvalue weighted by Gasteiger charge is -2.30. The van der Waals surface area contributed by atoms with Crippen LogP contribution in [-0.4, -0.2) is 47.9 Å². The van der Waals surface area contributed by atoms with Gasteiger partial charge >= 0.3 is 5.51 Å². The molecule has 0 aromatic heterocycles. The van der Waals surface area contributed by atoms with Gasteiger partial charge in [-0.05, 0) is 39.5 Å². The van der Waals surface area contributed by atoms with E-state index < -0.39 is 5.51 Å². The first-order valence-corrected chi connectivity index (χ1v) is 6.89. The van der Waals surface area contributed by atoms with Gasteiger partial charge in [0.05, 0.1) is 0 Å². The normalized spacial score (nSPS) is 13.1. The molecule has 0 amide bonds. The number of hydrogen-bond acceptors (Lipinski definition) is 3. The Balaban J connectivity index is 3.56. The molecule has 17 heavy (non-hydrogen) atoms. The van der Waals surface area contributed by atoms with Gasteiger partial charge in [-0.15, -0.1) is 0 Å². The van der Waals surface area contributed by atoms with Crippen LogP contribution in [-0.2, 0) is 0 Å². The molecule has 0 radical (unpaired) electrons. The second-order valence-electron chi connectivity index (χ2n) is 4.47. The van der Waals surface area contributed by atoms with Crippen LogP contribution in [0.2, 0.25) is 0 Å². The van der Waals surface area contributed by atoms with Crippen LogP contribution < -0.4 is 5.32 Å². The highest BCUT2D eigenvalue weighted by Gasteiger charge is 2.27. The lowest BCUT2D eigenvalue weighted by molar-refractivity contribution is -0.0327. The van der Waals surface area contributed by atoms with Crippen molar-refractivity contribution in [3.63, 3.8) is 0 Å². The summed E-state index contributed by atoms with van der Waals surface area (Å²) in [5, 5.41) is 3.04. The van der Waals surface area contributed by atoms with Crippen LogP contribution in [0.15, 0.2) is 0 Å². The number of nitrogens with one attached hydrogen (secondary N) is 1. The average Bonchev–Trinajstić information content (AvgIpc) is 2.13. The van der Waals surface area contributed by atoms with Crippen molar-refractivity contribution in [2.45, 2.75) is 45.3 Å². The molecule has 0 unspecified atom stereocenters. The van der Waals surface area contributed by atoms with Crippen molar-refractivity contribution in [2.24, 2.45) is 0 Å². The molecule has 6 heteroatoms. The fourth-order valence-electron chi connectivity index (χ4n) is 1.68. The monoisotopic (exact) mass is 272 g/mol. The van der Waals surface area contributed by atoms with E-state index in [4.69, 9.17) is 0 Å². The number of hydrogen-bond donors (Lipinski definition) is 1. The van der Waals surface area contributed by atoms with Crippen LogP contribution in [0.3, 0.4) is 0 Å². The van der Waals surface area contributed by atoms with Crippen molar-refractivity contribution in [3.05, 3.63) is 0 Å². The van der Waals surface area contributed by atoms with Crippen LogP contribution in [0.5, 0.6) is 0 Å². The summed E-state index contributed by atoms with van der Waals surface area (Å²) in [5.41, 5.74) is -4.11. The van der Waals surface area contributed by atoms with Gasteiger partial charge in [-0.1, -0.05) is 0 Å². The van der Waals surface area contributed by atoms with Gasteiger partial charge in [0.1, 0.15) is 0 Å². The highest BCUT2D eigenvalue weighted by atomic mass is 32.2. The van der Waals surface area contributed by atoms with Crippen LogP contribution in [0.4, 0.5) is 13.2 Å². The smallest absolute Gasteiger partial charge is 0.315 e. The maximum Gasteiger partial charge on any atom is 0.441 e. The van der Waals surface area contributed by atoms with Gasteiger partial charge < -0.3 is 5.32 Å². The number of thioether (sulfide) groups is 1. The SMILES string of the molecule is CC(C)N(CCNCCSC(F)(F)F)C(C)C. The van der Waals surface area contributed by atoms with E-state index in [2.05, 4.69) is 37.9 Å². The number of rotatable bonds is 8. The van der Waals surface area contributed by atoms with Crippen molar-refractivity contribution >= 4 is 11.8 Å². The minimum atomic E-state index is -4.11. The first-order chi connectivity index (χ1) is 7.74. The standard InChI is InChI=1S/C11H23F3N2S/c1-9(2)16(10(3)4)7-5-15-6-8-17-11(12,13)14/h9-10,15H,5-8H2,1-4H3. The molecule has 0 bridgehead atoms. The number of nitrogens with zero attached hydrogens (tertiary/aromatic N) is 1. The van der Waals surface area contributed by atoms with E-state index in [1.807, 2.05) is 0 Å². The Morgan fingerprint density at radius 2 is 1.59 bits per heavy atom. The summed E-state index contributed by atoms with van der Waals surface area (Å²) < 4.78 is 35.5. The third-order valence-electron chi connectivity index (χ3n) is 2.42. The molecule has 2 nitrogen and oxygen atoms in total. The molecule has 0 spiro atoms. The fraction of sp³-hybridized carbons (Fsp3) is 1.00. The molecule has 0 atom stereocenters. The second kappa shape index (κ2) is 8.21. The summed E-state index contributed by atoms with van der Waals surface area (Å²) in [4.78, 5) is 2.31. The highest BCUT2D eigenvalue weighted by Crippen LogP contribution is 2.29. The molecular weight excluding hydrogens is 249 g/mol. The first kappa shape index (κ1) is 17.1. The zero-order chi connectivity index (χ0) is 13.5. The number of alkyl halides is 3. The third-order valence-corrected chi connectivity index (χ3v) is 3.15. The maximum atomic E-state index is 11.8. The van der Waals surface area contributed by atoms with Crippen LogP contribution >= 0.6 is 11.8 Å². The Hall–Kier alpha value is 0.0600. The predicted octanol–water partition coefficient (Wildman–Crippen LogP) is 2.95. The Kier molecular flexibility index (Phi) is 8.24. The fourth-order valence-corrected chi connectivity index (χ4v) is 2.16. The van der Waals surface area contributed by atoms with E-state index in [0.717, 1.165) is 13.1 Å². The van der Waals surface area contributed by atoms with Gasteiger partial charge in [-0.2, -0.15) is 13.2 Å². The van der Waals surface area contributed by atoms with Gasteiger partial charge in [-0.25, -0.2) is 0 Å². The molecule has 0 aliphatic rings. The van der Waals surface area contributed by atoms with E-state index in [9.17, 15) is 13.2 Å². The summed E-state index contributed by atoms with van der Waals surface area (Å²) in [6, 6.07) is 0.919. The van der Waals surface area contributed by atoms with Crippen molar-refractivity contribution in [3.8, 4) is 0 Å². The summed E-state index contributed by atoms with van der Waals surface area (Å²) in [7, 11) is 0. The minimum absolute atomic E-state index is 0.0289. The summed E-state index contributed by atoms with van der Waals surface area (Å²) in [6.07, 6.45) is 0. The van der Waals surface area contributed by atoms with Crippen LogP contribution in [0, 0.1) is 0 Å². The van der Waals surface area contributed by atoms with Gasteiger partial charge in [-0.3, -0.25) is 4.90 Å². The van der Waals surface area contributed by atoms with E-state index in [0.29, 0.717) is 18.6 Å². The Labute approximate surface area is 106 Å². The largest absolute Gasteiger partial charge is 0.441 e. The molecule has 0 saturated heterocycles. The first-order valence-electron chi connectivity index (χ1n) is 5.91. The molecule has 0 saturated carbocycles. The van der Waals surface area contributed by atoms with Crippen molar-refractivity contribution in [1.29, 1.82) is 0 Å². The summed E-state index contributed by atoms with van der Waals surface area (Å²) in [6.45, 7) is 10.5. The van der Waals surface area contributed by atoms with Crippen molar-refractivity contribution in [2.75, 3.05) is 25.4 Å². The van der Waals surface area contributed by atoms with Crippen LogP contribution in [0.1, 0.15) is 27.7 Å². The van der Waals surface area contributed by atoms with E-state index in [1.165, 1.54) is 0 Å². The lowest BCUT2D eigenvalue weighted by Crippen LogP contribution is -2.41. The topological polar surface area (TPSA) is 15.3 Å². The number of halogens is 3. The van der Waals surface area contributed by atoms with Gasteiger partial charge in [0.2, 0.25) is 0 Å². The second-order valence-corrected chi connectivity index (χ2v) is 5.63. The molecule has 0 aliphatic carbocycles. The zero-order valence-corrected chi connectivity index (χ0v) is 11.8. The van der Waals surface area contributed by atoms with Crippen molar-refractivity contribution < 1.29 is 13.2 Å². The summed E-state index contributed by atoms with van der Waals surface area (Å²) in [5.74, 6) is 0.0762. The molecule has 0 heterocycles. The molecule has 1 N–H and O–H groups in total. The highest BCUT2D eigenvalue weighted by molar-refractivity contribution is 8.00. The Morgan fingerprint density at radius 3 is 2.00 bits per heavy atom. The zero-order valence-electron chi connectivity index (χ0n) is 11.0. The molecule has 0 aliphatic heterocycles. The Morgan fingerprint density at radius 1 is 1.06 bits per heavy atom. The van der Waals surface area contributed by atoms with Gasteiger partial charge in [0.15, 0.2) is 0 Å². The van der Waals surface area contributed by atoms with E-state index >= 15 is 0 Å². The molecule has 0 aromatic carbocycles. The van der Waals surface area contributed by atoms with Gasteiger partial charge in [0, 0.05) is 37.5 Å². The average molecular weight is 272 g/mol. The van der Waals surface area contributed by atoms with E-state index in [-0.39, 0.29) is 17.5 Å². The molecule has 0 rings (SSSR count). The summed E-state index contributed by atoms with van der Waals surface area (Å²) >= 11 is 0.0289. The Bertz CT molecular complexity index is 188. The minimum Gasteiger partial charge on any atom is -0.315 e. The van der Waals surface area contributed by atoms with Gasteiger partial charge in [0.25, 0.3) is 0 Å². The van der Waals surface area contributed by atoms with Crippen LogP contribution in [0.25, 0.3) is 0 Å². The third kappa shape index (κ3) is 9.73. The quantitative estimate of drug-likeness (QED) is 0.684. The van der Waals surface area contributed by atoms with Crippen molar-refractivity contribution in [1.82, 2.24) is 10.2 Å². The lowest BCUT2D eigenvalue weighted by atomic mass is 10.2. The molecule has 0 aromatic rings. The molecule has 0 fully saturated rings. The maximum absolute atomic E-state index is 11.8. The predicted molar refractivity (Wildman–Crippen MR) is 68.4 cm³/mol. The molecular formula is C11H23F3N2S. The van der Waals surface area contributed by atoms with E-state index in [1.54, 1.807) is 0 Å².